The molecule has 0 aliphatic carbocycles. The van der Waals surface area contributed by atoms with Crippen LogP contribution in [0.5, 0.6) is 0 Å². The third-order valence-corrected chi connectivity index (χ3v) is 4.97. The molecule has 108 valence electrons. The molecule has 1 aliphatic heterocycles. The van der Waals surface area contributed by atoms with E-state index >= 15 is 0 Å². The summed E-state index contributed by atoms with van der Waals surface area (Å²) < 4.78 is 12.8. The van der Waals surface area contributed by atoms with Crippen LogP contribution in [0.2, 0.25) is 0 Å². The van der Waals surface area contributed by atoms with E-state index in [1.165, 1.54) is 0 Å². The zero-order valence-corrected chi connectivity index (χ0v) is 12.7. The highest BCUT2D eigenvalue weighted by Gasteiger charge is 2.31. The summed E-state index contributed by atoms with van der Waals surface area (Å²) in [7, 11) is 0. The van der Waals surface area contributed by atoms with Gasteiger partial charge in [-0.05, 0) is 26.3 Å². The van der Waals surface area contributed by atoms with Gasteiger partial charge >= 0.3 is 0 Å². The molecule has 0 radical (unpaired) electrons. The Morgan fingerprint density at radius 3 is 3.05 bits per heavy atom. The van der Waals surface area contributed by atoms with E-state index in [0.29, 0.717) is 19.8 Å². The van der Waals surface area contributed by atoms with E-state index in [1.54, 1.807) is 22.2 Å². The molecule has 2 atom stereocenters. The lowest BCUT2D eigenvalue weighted by Crippen LogP contribution is -2.33. The third kappa shape index (κ3) is 2.08. The molecule has 6 heteroatoms. The van der Waals surface area contributed by atoms with E-state index < -0.39 is 0 Å². The fourth-order valence-electron chi connectivity index (χ4n) is 2.64. The zero-order valence-electron chi connectivity index (χ0n) is 11.9. The normalized spacial score (nSPS) is 22.8. The van der Waals surface area contributed by atoms with E-state index in [-0.39, 0.29) is 17.7 Å². The van der Waals surface area contributed by atoms with Gasteiger partial charge in [0, 0.05) is 11.5 Å². The smallest absolute Gasteiger partial charge is 0.262 e. The fraction of sp³-hybridized carbons (Fsp3) is 0.571. The number of thiophene rings is 1. The predicted octanol–water partition coefficient (Wildman–Crippen LogP) is 2.05. The number of nitrogens with zero attached hydrogens (tertiary/aromatic N) is 2. The van der Waals surface area contributed by atoms with Gasteiger partial charge in [0.05, 0.1) is 31.0 Å². The maximum Gasteiger partial charge on any atom is 0.262 e. The van der Waals surface area contributed by atoms with Crippen molar-refractivity contribution >= 4 is 21.6 Å². The first-order valence-electron chi connectivity index (χ1n) is 6.79. The Morgan fingerprint density at radius 1 is 1.50 bits per heavy atom. The van der Waals surface area contributed by atoms with Gasteiger partial charge in [-0.15, -0.1) is 11.3 Å². The quantitative estimate of drug-likeness (QED) is 0.869. The number of hydrogen-bond acceptors (Lipinski definition) is 5. The minimum Gasteiger partial charge on any atom is -0.376 e. The Hall–Kier alpha value is -1.24. The first-order chi connectivity index (χ1) is 9.63. The van der Waals surface area contributed by atoms with Crippen LogP contribution in [-0.4, -0.2) is 35.5 Å². The molecule has 2 aromatic rings. The molecular formula is C14H18N2O3S. The Bertz CT molecular complexity index is 692. The van der Waals surface area contributed by atoms with Crippen molar-refractivity contribution in [1.29, 1.82) is 0 Å². The van der Waals surface area contributed by atoms with Crippen molar-refractivity contribution in [3.05, 3.63) is 27.1 Å². The molecule has 0 spiro atoms. The second-order valence-electron chi connectivity index (χ2n) is 5.02. The minimum absolute atomic E-state index is 0.0112. The number of hydrogen-bond donors (Lipinski definition) is 0. The fourth-order valence-corrected chi connectivity index (χ4v) is 3.63. The lowest BCUT2D eigenvalue weighted by molar-refractivity contribution is 0.0356. The van der Waals surface area contributed by atoms with Crippen LogP contribution in [0.25, 0.3) is 10.2 Å². The Morgan fingerprint density at radius 2 is 2.30 bits per heavy atom. The van der Waals surface area contributed by atoms with E-state index in [4.69, 9.17) is 9.47 Å². The second-order valence-corrected chi connectivity index (χ2v) is 6.22. The highest BCUT2D eigenvalue weighted by molar-refractivity contribution is 7.18. The van der Waals surface area contributed by atoms with Crippen LogP contribution < -0.4 is 5.56 Å². The van der Waals surface area contributed by atoms with Crippen LogP contribution in [-0.2, 0) is 9.47 Å². The van der Waals surface area contributed by atoms with Gasteiger partial charge in [-0.1, -0.05) is 0 Å². The largest absolute Gasteiger partial charge is 0.376 e. The average Bonchev–Trinajstić information content (AvgIpc) is 2.97. The van der Waals surface area contributed by atoms with Crippen LogP contribution in [0.3, 0.4) is 0 Å². The van der Waals surface area contributed by atoms with Crippen LogP contribution in [0.1, 0.15) is 23.4 Å². The van der Waals surface area contributed by atoms with Gasteiger partial charge in [0.1, 0.15) is 10.9 Å². The maximum absolute atomic E-state index is 12.7. The molecule has 3 heterocycles. The van der Waals surface area contributed by atoms with E-state index in [0.717, 1.165) is 20.7 Å². The predicted molar refractivity (Wildman–Crippen MR) is 78.6 cm³/mol. The minimum atomic E-state index is -0.0843. The molecule has 0 bridgehead atoms. The van der Waals surface area contributed by atoms with Crippen LogP contribution in [0.4, 0.5) is 0 Å². The molecule has 1 aliphatic rings. The topological polar surface area (TPSA) is 53.4 Å². The molecule has 0 amide bonds. The summed E-state index contributed by atoms with van der Waals surface area (Å²) in [5.41, 5.74) is 1.04. The van der Waals surface area contributed by atoms with Gasteiger partial charge in [0.2, 0.25) is 0 Å². The second kappa shape index (κ2) is 5.27. The first-order valence-corrected chi connectivity index (χ1v) is 7.61. The average molecular weight is 294 g/mol. The number of ether oxygens (including phenoxy) is 2. The van der Waals surface area contributed by atoms with Crippen molar-refractivity contribution in [3.8, 4) is 0 Å². The highest BCUT2D eigenvalue weighted by atomic mass is 32.1. The molecule has 0 unspecified atom stereocenters. The van der Waals surface area contributed by atoms with Crippen LogP contribution in [0, 0.1) is 13.8 Å². The zero-order chi connectivity index (χ0) is 14.3. The van der Waals surface area contributed by atoms with E-state index in [9.17, 15) is 4.79 Å². The molecule has 0 aromatic carbocycles. The summed E-state index contributed by atoms with van der Waals surface area (Å²) in [5.74, 6) is 0. The van der Waals surface area contributed by atoms with Gasteiger partial charge in [0.25, 0.3) is 5.56 Å². The number of aromatic nitrogens is 2. The molecule has 0 saturated carbocycles. The number of rotatable bonds is 3. The molecule has 1 fully saturated rings. The van der Waals surface area contributed by atoms with Gasteiger partial charge in [-0.3, -0.25) is 9.36 Å². The van der Waals surface area contributed by atoms with Crippen molar-refractivity contribution in [2.24, 2.45) is 0 Å². The summed E-state index contributed by atoms with van der Waals surface area (Å²) in [6.07, 6.45) is 1.56. The van der Waals surface area contributed by atoms with Crippen molar-refractivity contribution in [2.45, 2.75) is 32.9 Å². The Kier molecular flexibility index (Phi) is 3.62. The highest BCUT2D eigenvalue weighted by Crippen LogP contribution is 2.27. The van der Waals surface area contributed by atoms with E-state index in [1.807, 2.05) is 20.8 Å². The lowest BCUT2D eigenvalue weighted by Gasteiger charge is -2.19. The molecule has 0 N–H and O–H groups in total. The summed E-state index contributed by atoms with van der Waals surface area (Å²) in [4.78, 5) is 19.1. The summed E-state index contributed by atoms with van der Waals surface area (Å²) in [6.45, 7) is 7.60. The molecule has 1 saturated heterocycles. The maximum atomic E-state index is 12.7. The molecule has 2 aromatic heterocycles. The SMILES string of the molecule is CCO[C@H]1COC[C@@H]1n1cnc2sc(C)c(C)c2c1=O. The van der Waals surface area contributed by atoms with Crippen molar-refractivity contribution in [3.63, 3.8) is 0 Å². The van der Waals surface area contributed by atoms with E-state index in [2.05, 4.69) is 4.98 Å². The molecule has 3 rings (SSSR count). The van der Waals surface area contributed by atoms with Crippen LogP contribution in [0.15, 0.2) is 11.1 Å². The molecular weight excluding hydrogens is 276 g/mol. The summed E-state index contributed by atoms with van der Waals surface area (Å²) in [6, 6.07) is -0.0843. The van der Waals surface area contributed by atoms with Gasteiger partial charge < -0.3 is 9.47 Å². The van der Waals surface area contributed by atoms with Gasteiger partial charge in [-0.25, -0.2) is 4.98 Å². The molecule has 5 nitrogen and oxygen atoms in total. The summed E-state index contributed by atoms with van der Waals surface area (Å²) in [5, 5.41) is 0.733. The summed E-state index contributed by atoms with van der Waals surface area (Å²) >= 11 is 1.57. The van der Waals surface area contributed by atoms with Crippen molar-refractivity contribution in [2.75, 3.05) is 19.8 Å². The number of aryl methyl sites for hydroxylation is 2. The van der Waals surface area contributed by atoms with Crippen LogP contribution >= 0.6 is 11.3 Å². The molecule has 20 heavy (non-hydrogen) atoms. The number of fused-ring (bicyclic) bond motifs is 1. The van der Waals surface area contributed by atoms with Crippen molar-refractivity contribution < 1.29 is 9.47 Å². The first kappa shape index (κ1) is 13.7. The van der Waals surface area contributed by atoms with Crippen molar-refractivity contribution in [1.82, 2.24) is 9.55 Å². The monoisotopic (exact) mass is 294 g/mol. The standard InChI is InChI=1S/C14H18N2O3S/c1-4-19-11-6-18-5-10(11)16-7-15-13-12(14(16)17)8(2)9(3)20-13/h7,10-11H,4-6H2,1-3H3/t10-,11-/m0/s1. The Balaban J connectivity index is 2.10. The van der Waals surface area contributed by atoms with Gasteiger partial charge in [-0.2, -0.15) is 0 Å². The Labute approximate surface area is 121 Å². The third-order valence-electron chi connectivity index (χ3n) is 3.85. The van der Waals surface area contributed by atoms with Gasteiger partial charge in [0.15, 0.2) is 0 Å². The lowest BCUT2D eigenvalue weighted by atomic mass is 10.2.